The Morgan fingerprint density at radius 2 is 2.30 bits per heavy atom. The summed E-state index contributed by atoms with van der Waals surface area (Å²) in [6.45, 7) is 5.98. The molecule has 0 aromatic carbocycles. The van der Waals surface area contributed by atoms with Crippen molar-refractivity contribution in [3.05, 3.63) is 0 Å². The second-order valence-corrected chi connectivity index (χ2v) is 3.27. The van der Waals surface area contributed by atoms with E-state index in [0.29, 0.717) is 11.7 Å². The number of hydrogen-bond donors (Lipinski definition) is 1. The van der Waals surface area contributed by atoms with E-state index in [1.165, 1.54) is 0 Å². The first-order valence-electron chi connectivity index (χ1n) is 3.95. The number of nitrogens with one attached hydrogen (secondary N) is 1. The third-order valence-corrected chi connectivity index (χ3v) is 2.13. The number of hydrogen-bond acceptors (Lipinski definition) is 2. The van der Waals surface area contributed by atoms with Crippen LogP contribution in [0.3, 0.4) is 0 Å². The third-order valence-electron chi connectivity index (χ3n) is 2.13. The number of rotatable bonds is 1. The SMILES string of the molecule is CC(C)[C@@H]1CNCCC1=O. The minimum atomic E-state index is 0.272. The normalized spacial score (nSPS) is 27.5. The Balaban J connectivity index is 2.48. The van der Waals surface area contributed by atoms with E-state index in [2.05, 4.69) is 19.2 Å². The molecule has 0 radical (unpaired) electrons. The Morgan fingerprint density at radius 3 is 2.70 bits per heavy atom. The van der Waals surface area contributed by atoms with Crippen LogP contribution in [0.4, 0.5) is 0 Å². The van der Waals surface area contributed by atoms with E-state index in [0.717, 1.165) is 19.5 Å². The van der Waals surface area contributed by atoms with E-state index in [9.17, 15) is 4.79 Å². The van der Waals surface area contributed by atoms with Crippen molar-refractivity contribution < 1.29 is 4.79 Å². The summed E-state index contributed by atoms with van der Waals surface area (Å²) in [5, 5.41) is 3.23. The van der Waals surface area contributed by atoms with Crippen molar-refractivity contribution >= 4 is 5.78 Å². The van der Waals surface area contributed by atoms with Gasteiger partial charge in [-0.2, -0.15) is 0 Å². The maximum atomic E-state index is 11.2. The summed E-state index contributed by atoms with van der Waals surface area (Å²) >= 11 is 0. The summed E-state index contributed by atoms with van der Waals surface area (Å²) in [7, 11) is 0. The fraction of sp³-hybridized carbons (Fsp3) is 0.875. The summed E-state index contributed by atoms with van der Waals surface area (Å²) in [6, 6.07) is 0. The summed E-state index contributed by atoms with van der Waals surface area (Å²) in [4.78, 5) is 11.2. The van der Waals surface area contributed by atoms with Crippen molar-refractivity contribution in [2.24, 2.45) is 11.8 Å². The van der Waals surface area contributed by atoms with Crippen LogP contribution in [0.15, 0.2) is 0 Å². The molecule has 1 rings (SSSR count). The lowest BCUT2D eigenvalue weighted by molar-refractivity contribution is -0.125. The molecule has 1 aliphatic rings. The van der Waals surface area contributed by atoms with Gasteiger partial charge >= 0.3 is 0 Å². The summed E-state index contributed by atoms with van der Waals surface area (Å²) in [6.07, 6.45) is 0.725. The van der Waals surface area contributed by atoms with Gasteiger partial charge in [0, 0.05) is 25.4 Å². The Morgan fingerprint density at radius 1 is 1.60 bits per heavy atom. The average molecular weight is 141 g/mol. The minimum absolute atomic E-state index is 0.272. The lowest BCUT2D eigenvalue weighted by Crippen LogP contribution is -2.39. The summed E-state index contributed by atoms with van der Waals surface area (Å²) in [5.41, 5.74) is 0. The maximum absolute atomic E-state index is 11.2. The molecule has 1 aliphatic heterocycles. The number of piperidine rings is 1. The molecule has 0 unspecified atom stereocenters. The molecule has 0 aromatic heterocycles. The van der Waals surface area contributed by atoms with Gasteiger partial charge in [0.2, 0.25) is 0 Å². The quantitative estimate of drug-likeness (QED) is 0.585. The van der Waals surface area contributed by atoms with E-state index >= 15 is 0 Å². The van der Waals surface area contributed by atoms with Gasteiger partial charge in [-0.25, -0.2) is 0 Å². The Labute approximate surface area is 62.0 Å². The van der Waals surface area contributed by atoms with Crippen LogP contribution in [-0.4, -0.2) is 18.9 Å². The lowest BCUT2D eigenvalue weighted by atomic mass is 9.88. The van der Waals surface area contributed by atoms with Gasteiger partial charge in [-0.15, -0.1) is 0 Å². The van der Waals surface area contributed by atoms with E-state index < -0.39 is 0 Å². The molecule has 10 heavy (non-hydrogen) atoms. The fourth-order valence-corrected chi connectivity index (χ4v) is 1.38. The smallest absolute Gasteiger partial charge is 0.138 e. The number of ketones is 1. The Kier molecular flexibility index (Phi) is 2.44. The molecule has 58 valence electrons. The van der Waals surface area contributed by atoms with E-state index in [-0.39, 0.29) is 5.92 Å². The predicted octanol–water partition coefficient (Wildman–Crippen LogP) is 0.821. The zero-order chi connectivity index (χ0) is 7.56. The highest BCUT2D eigenvalue weighted by molar-refractivity contribution is 5.82. The topological polar surface area (TPSA) is 29.1 Å². The molecule has 0 amide bonds. The highest BCUT2D eigenvalue weighted by atomic mass is 16.1. The van der Waals surface area contributed by atoms with E-state index in [1.807, 2.05) is 0 Å². The molecule has 0 spiro atoms. The van der Waals surface area contributed by atoms with Crippen LogP contribution in [0.1, 0.15) is 20.3 Å². The van der Waals surface area contributed by atoms with Gasteiger partial charge in [-0.3, -0.25) is 4.79 Å². The highest BCUT2D eigenvalue weighted by Gasteiger charge is 2.24. The average Bonchev–Trinajstić information content (AvgIpc) is 1.88. The number of Topliss-reactive ketones (excluding diaryl/α,β-unsaturated/α-hetero) is 1. The van der Waals surface area contributed by atoms with E-state index in [1.54, 1.807) is 0 Å². The molecule has 2 heteroatoms. The second-order valence-electron chi connectivity index (χ2n) is 3.27. The van der Waals surface area contributed by atoms with Crippen molar-refractivity contribution in [2.45, 2.75) is 20.3 Å². The zero-order valence-corrected chi connectivity index (χ0v) is 6.68. The molecule has 0 saturated carbocycles. The molecular formula is C8H15NO. The molecule has 0 aliphatic carbocycles. The van der Waals surface area contributed by atoms with Gasteiger partial charge in [0.15, 0.2) is 0 Å². The Hall–Kier alpha value is -0.370. The van der Waals surface area contributed by atoms with Crippen molar-refractivity contribution in [3.63, 3.8) is 0 Å². The Bertz CT molecular complexity index is 131. The summed E-state index contributed by atoms with van der Waals surface area (Å²) in [5.74, 6) is 1.21. The molecule has 1 N–H and O–H groups in total. The van der Waals surface area contributed by atoms with Crippen molar-refractivity contribution in [1.82, 2.24) is 5.32 Å². The van der Waals surface area contributed by atoms with Gasteiger partial charge < -0.3 is 5.32 Å². The largest absolute Gasteiger partial charge is 0.316 e. The van der Waals surface area contributed by atoms with Crippen LogP contribution in [0, 0.1) is 11.8 Å². The monoisotopic (exact) mass is 141 g/mol. The van der Waals surface area contributed by atoms with Crippen LogP contribution >= 0.6 is 0 Å². The molecule has 1 atom stereocenters. The standard InChI is InChI=1S/C8H15NO/c1-6(2)7-5-9-4-3-8(7)10/h6-7,9H,3-5H2,1-2H3/t7-/m0/s1. The van der Waals surface area contributed by atoms with Gasteiger partial charge in [-0.1, -0.05) is 13.8 Å². The fourth-order valence-electron chi connectivity index (χ4n) is 1.38. The molecule has 0 aromatic rings. The minimum Gasteiger partial charge on any atom is -0.316 e. The van der Waals surface area contributed by atoms with Gasteiger partial charge in [0.05, 0.1) is 0 Å². The highest BCUT2D eigenvalue weighted by Crippen LogP contribution is 2.15. The maximum Gasteiger partial charge on any atom is 0.138 e. The van der Waals surface area contributed by atoms with Crippen LogP contribution < -0.4 is 5.32 Å². The van der Waals surface area contributed by atoms with Crippen molar-refractivity contribution in [1.29, 1.82) is 0 Å². The lowest BCUT2D eigenvalue weighted by Gasteiger charge is -2.24. The molecule has 1 heterocycles. The van der Waals surface area contributed by atoms with Gasteiger partial charge in [0.1, 0.15) is 5.78 Å². The van der Waals surface area contributed by atoms with Gasteiger partial charge in [0.25, 0.3) is 0 Å². The predicted molar refractivity (Wildman–Crippen MR) is 40.8 cm³/mol. The van der Waals surface area contributed by atoms with Crippen molar-refractivity contribution in [2.75, 3.05) is 13.1 Å². The van der Waals surface area contributed by atoms with Crippen LogP contribution in [-0.2, 0) is 4.79 Å². The third kappa shape index (κ3) is 1.57. The van der Waals surface area contributed by atoms with Gasteiger partial charge in [-0.05, 0) is 5.92 Å². The first kappa shape index (κ1) is 7.73. The van der Waals surface area contributed by atoms with E-state index in [4.69, 9.17) is 0 Å². The molecule has 1 saturated heterocycles. The molecular weight excluding hydrogens is 126 g/mol. The number of carbonyl (C=O) groups excluding carboxylic acids is 1. The second kappa shape index (κ2) is 3.15. The van der Waals surface area contributed by atoms with Crippen LogP contribution in [0.2, 0.25) is 0 Å². The molecule has 1 fully saturated rings. The van der Waals surface area contributed by atoms with Crippen LogP contribution in [0.5, 0.6) is 0 Å². The first-order chi connectivity index (χ1) is 4.72. The van der Waals surface area contributed by atoms with Crippen LogP contribution in [0.25, 0.3) is 0 Å². The molecule has 2 nitrogen and oxygen atoms in total. The first-order valence-corrected chi connectivity index (χ1v) is 3.95. The molecule has 0 bridgehead atoms. The summed E-state index contributed by atoms with van der Waals surface area (Å²) < 4.78 is 0. The number of carbonyl (C=O) groups is 1. The van der Waals surface area contributed by atoms with Crippen molar-refractivity contribution in [3.8, 4) is 0 Å². The zero-order valence-electron chi connectivity index (χ0n) is 6.68.